The quantitative estimate of drug-likeness (QED) is 0.202. The van der Waals surface area contributed by atoms with Crippen LogP contribution in [0.4, 0.5) is 5.69 Å². The number of para-hydroxylation sites is 1. The molecule has 0 spiro atoms. The van der Waals surface area contributed by atoms with Crippen LogP contribution in [0.25, 0.3) is 22.5 Å². The van der Waals surface area contributed by atoms with E-state index in [1.54, 1.807) is 9.58 Å². The minimum Gasteiger partial charge on any atom is -0.464 e. The van der Waals surface area contributed by atoms with Crippen LogP contribution < -0.4 is 10.2 Å². The first-order valence-corrected chi connectivity index (χ1v) is 14.9. The topological polar surface area (TPSA) is 116 Å². The van der Waals surface area contributed by atoms with Gasteiger partial charge in [-0.1, -0.05) is 73.9 Å². The van der Waals surface area contributed by atoms with Crippen LogP contribution in [0.3, 0.4) is 0 Å². The molecule has 2 heterocycles. The Morgan fingerprint density at radius 2 is 1.69 bits per heavy atom. The van der Waals surface area contributed by atoms with Crippen LogP contribution in [0.1, 0.15) is 64.4 Å². The third-order valence-corrected chi connectivity index (χ3v) is 7.23. The van der Waals surface area contributed by atoms with Crippen molar-refractivity contribution >= 4 is 23.5 Å². The van der Waals surface area contributed by atoms with Gasteiger partial charge in [0.05, 0.1) is 31.1 Å². The second-order valence-electron chi connectivity index (χ2n) is 10.2. The molecule has 0 unspecified atom stereocenters. The van der Waals surface area contributed by atoms with E-state index in [1.807, 2.05) is 55.5 Å². The molecule has 1 N–H and O–H groups in total. The number of hydrogen-bond donors (Lipinski definition) is 1. The number of benzene rings is 2. The third-order valence-electron chi connectivity index (χ3n) is 7.23. The van der Waals surface area contributed by atoms with Gasteiger partial charge in [-0.15, -0.1) is 5.10 Å². The summed E-state index contributed by atoms with van der Waals surface area (Å²) in [6, 6.07) is 15.5. The molecule has 1 aliphatic rings. The molecule has 3 aromatic rings. The molecule has 0 bridgehead atoms. The lowest BCUT2D eigenvalue weighted by atomic mass is 9.95. The number of unbranched alkanes of at least 4 members (excludes halogenated alkanes) is 3. The van der Waals surface area contributed by atoms with Gasteiger partial charge in [-0.2, -0.15) is 0 Å². The van der Waals surface area contributed by atoms with Crippen LogP contribution in [0.15, 0.2) is 48.5 Å². The zero-order valence-electron chi connectivity index (χ0n) is 24.6. The monoisotopic (exact) mass is 575 g/mol. The Morgan fingerprint density at radius 3 is 2.50 bits per heavy atom. The molecule has 0 atom stereocenters. The number of aromatic nitrogens is 3. The molecule has 42 heavy (non-hydrogen) atoms. The van der Waals surface area contributed by atoms with E-state index in [1.165, 1.54) is 0 Å². The highest BCUT2D eigenvalue weighted by molar-refractivity contribution is 6.01. The van der Waals surface area contributed by atoms with Gasteiger partial charge in [-0.3, -0.25) is 14.4 Å². The fraction of sp³-hybridized carbons (Fsp3) is 0.469. The number of hydrogen-bond acceptors (Lipinski definition) is 7. The Kier molecular flexibility index (Phi) is 11.6. The zero-order chi connectivity index (χ0) is 29.7. The summed E-state index contributed by atoms with van der Waals surface area (Å²) >= 11 is 0. The van der Waals surface area contributed by atoms with Crippen LogP contribution in [0.2, 0.25) is 0 Å². The van der Waals surface area contributed by atoms with Gasteiger partial charge in [0.1, 0.15) is 12.3 Å². The molecule has 2 amide bonds. The number of nitrogens with one attached hydrogen (secondary N) is 1. The predicted molar refractivity (Wildman–Crippen MR) is 161 cm³/mol. The van der Waals surface area contributed by atoms with Crippen molar-refractivity contribution in [3.63, 3.8) is 0 Å². The standard InChI is InChI=1S/C32H41N5O5/c1-3-5-6-7-16-30(40)42-22-20-37-32-25-13-9-8-12-24(25)23-36(27-15-11-10-14-26(27)31(32)34-35-37)29(39)18-17-28(38)33-19-21-41-4-2/h8-15H,3-7,16-23H2,1-2H3,(H,33,38). The van der Waals surface area contributed by atoms with E-state index < -0.39 is 0 Å². The van der Waals surface area contributed by atoms with Crippen molar-refractivity contribution in [2.45, 2.75) is 71.9 Å². The number of carbonyl (C=O) groups excluding carboxylic acids is 3. The molecule has 4 rings (SSSR count). The van der Waals surface area contributed by atoms with Crippen molar-refractivity contribution in [1.82, 2.24) is 20.3 Å². The Morgan fingerprint density at radius 1 is 0.905 bits per heavy atom. The molecular formula is C32H41N5O5. The Bertz CT molecular complexity index is 1350. The van der Waals surface area contributed by atoms with Crippen LogP contribution in [0.5, 0.6) is 0 Å². The van der Waals surface area contributed by atoms with Crippen molar-refractivity contribution in [3.8, 4) is 22.5 Å². The molecule has 2 aromatic carbocycles. The third kappa shape index (κ3) is 8.03. The number of fused-ring (bicyclic) bond motifs is 5. The summed E-state index contributed by atoms with van der Waals surface area (Å²) in [4.78, 5) is 39.9. The van der Waals surface area contributed by atoms with Gasteiger partial charge in [0.15, 0.2) is 0 Å². The molecular weight excluding hydrogens is 534 g/mol. The first kappa shape index (κ1) is 30.9. The van der Waals surface area contributed by atoms with E-state index in [0.29, 0.717) is 50.7 Å². The molecule has 0 aliphatic carbocycles. The SMILES string of the molecule is CCCCCCC(=O)OCCn1nnc2c1-c1ccccc1CN(C(=O)CCC(=O)NCCOCC)c1ccccc1-2. The summed E-state index contributed by atoms with van der Waals surface area (Å²) in [5.41, 5.74) is 4.78. The molecule has 1 aromatic heterocycles. The average Bonchev–Trinajstić information content (AvgIpc) is 3.41. The van der Waals surface area contributed by atoms with Crippen LogP contribution in [0, 0.1) is 0 Å². The molecule has 0 saturated heterocycles. The van der Waals surface area contributed by atoms with Crippen molar-refractivity contribution in [2.75, 3.05) is 31.3 Å². The fourth-order valence-corrected chi connectivity index (χ4v) is 5.06. The van der Waals surface area contributed by atoms with Crippen LogP contribution in [-0.4, -0.2) is 59.1 Å². The molecule has 10 nitrogen and oxygen atoms in total. The molecule has 0 radical (unpaired) electrons. The number of esters is 1. The van der Waals surface area contributed by atoms with Gasteiger partial charge in [0.25, 0.3) is 0 Å². The normalized spacial score (nSPS) is 12.0. The van der Waals surface area contributed by atoms with E-state index in [0.717, 1.165) is 48.1 Å². The highest BCUT2D eigenvalue weighted by Gasteiger charge is 2.29. The van der Waals surface area contributed by atoms with Gasteiger partial charge in [-0.05, 0) is 25.0 Å². The Balaban J connectivity index is 1.54. The lowest BCUT2D eigenvalue weighted by Crippen LogP contribution is -2.33. The first-order chi connectivity index (χ1) is 20.5. The average molecular weight is 576 g/mol. The molecule has 0 saturated carbocycles. The minimum atomic E-state index is -0.197. The number of ether oxygens (including phenoxy) is 2. The van der Waals surface area contributed by atoms with E-state index in [9.17, 15) is 14.4 Å². The smallest absolute Gasteiger partial charge is 0.305 e. The maximum Gasteiger partial charge on any atom is 0.305 e. The number of carbonyl (C=O) groups is 3. The predicted octanol–water partition coefficient (Wildman–Crippen LogP) is 4.91. The summed E-state index contributed by atoms with van der Waals surface area (Å²) < 4.78 is 12.6. The maximum absolute atomic E-state index is 13.6. The summed E-state index contributed by atoms with van der Waals surface area (Å²) in [5, 5.41) is 11.8. The van der Waals surface area contributed by atoms with Crippen LogP contribution in [-0.2, 0) is 36.9 Å². The maximum atomic E-state index is 13.6. The van der Waals surface area contributed by atoms with Gasteiger partial charge in [-0.25, -0.2) is 4.68 Å². The largest absolute Gasteiger partial charge is 0.464 e. The summed E-state index contributed by atoms with van der Waals surface area (Å²) in [7, 11) is 0. The van der Waals surface area contributed by atoms with E-state index in [2.05, 4.69) is 22.6 Å². The summed E-state index contributed by atoms with van der Waals surface area (Å²) in [6.45, 7) is 6.37. The van der Waals surface area contributed by atoms with E-state index in [4.69, 9.17) is 9.47 Å². The summed E-state index contributed by atoms with van der Waals surface area (Å²) in [5.74, 6) is -0.536. The number of nitrogens with zero attached hydrogens (tertiary/aromatic N) is 4. The number of amides is 2. The molecule has 10 heteroatoms. The van der Waals surface area contributed by atoms with Gasteiger partial charge >= 0.3 is 5.97 Å². The van der Waals surface area contributed by atoms with Gasteiger partial charge in [0.2, 0.25) is 11.8 Å². The van der Waals surface area contributed by atoms with Crippen molar-refractivity contribution in [1.29, 1.82) is 0 Å². The van der Waals surface area contributed by atoms with Crippen molar-refractivity contribution in [3.05, 3.63) is 54.1 Å². The first-order valence-electron chi connectivity index (χ1n) is 14.9. The van der Waals surface area contributed by atoms with Crippen molar-refractivity contribution < 1.29 is 23.9 Å². The summed E-state index contributed by atoms with van der Waals surface area (Å²) in [6.07, 6.45) is 4.68. The zero-order valence-corrected chi connectivity index (χ0v) is 24.6. The lowest BCUT2D eigenvalue weighted by Gasteiger charge is -2.28. The molecule has 1 aliphatic heterocycles. The fourth-order valence-electron chi connectivity index (χ4n) is 5.06. The highest BCUT2D eigenvalue weighted by atomic mass is 16.5. The number of anilines is 1. The molecule has 224 valence electrons. The molecule has 0 fully saturated rings. The Labute approximate surface area is 247 Å². The second kappa shape index (κ2) is 15.8. The van der Waals surface area contributed by atoms with Crippen molar-refractivity contribution in [2.24, 2.45) is 0 Å². The van der Waals surface area contributed by atoms with E-state index in [-0.39, 0.29) is 37.2 Å². The Hall–Kier alpha value is -4.05. The lowest BCUT2D eigenvalue weighted by molar-refractivity contribution is -0.144. The highest BCUT2D eigenvalue weighted by Crippen LogP contribution is 2.41. The van der Waals surface area contributed by atoms with Gasteiger partial charge in [0, 0.05) is 43.5 Å². The second-order valence-corrected chi connectivity index (χ2v) is 10.2. The number of rotatable bonds is 15. The van der Waals surface area contributed by atoms with Gasteiger partial charge < -0.3 is 19.7 Å². The van der Waals surface area contributed by atoms with Crippen LogP contribution >= 0.6 is 0 Å². The van der Waals surface area contributed by atoms with E-state index >= 15 is 0 Å². The minimum absolute atomic E-state index is 0.0698.